The van der Waals surface area contributed by atoms with Crippen LogP contribution in [0.4, 0.5) is 0 Å². The number of aryl methyl sites for hydroxylation is 2. The van der Waals surface area contributed by atoms with Crippen molar-refractivity contribution in [3.8, 4) is 12.1 Å². The first kappa shape index (κ1) is 18.2. The van der Waals surface area contributed by atoms with Crippen LogP contribution >= 0.6 is 0 Å². The van der Waals surface area contributed by atoms with Gasteiger partial charge in [-0.3, -0.25) is 0 Å². The molecule has 0 N–H and O–H groups in total. The zero-order valence-electron chi connectivity index (χ0n) is 14.1. The first-order valence-corrected chi connectivity index (χ1v) is 8.72. The molecule has 0 atom stereocenters. The average molecular weight is 296 g/mol. The summed E-state index contributed by atoms with van der Waals surface area (Å²) in [6, 6.07) is 8.26. The normalized spacial score (nSPS) is 10.2. The lowest BCUT2D eigenvalue weighted by atomic mass is 9.92. The molecule has 0 unspecified atom stereocenters. The van der Waals surface area contributed by atoms with Crippen molar-refractivity contribution in [3.63, 3.8) is 0 Å². The Morgan fingerprint density at radius 3 is 1.41 bits per heavy atom. The molecular formula is C20H28N2. The maximum absolute atomic E-state index is 9.22. The molecule has 0 amide bonds. The molecule has 1 aromatic rings. The summed E-state index contributed by atoms with van der Waals surface area (Å²) in [5.41, 5.74) is 3.63. The van der Waals surface area contributed by atoms with E-state index in [0.29, 0.717) is 11.1 Å². The van der Waals surface area contributed by atoms with Gasteiger partial charge in [-0.05, 0) is 48.9 Å². The molecule has 0 spiro atoms. The maximum Gasteiger partial charge on any atom is 0.101 e. The van der Waals surface area contributed by atoms with E-state index in [1.54, 1.807) is 0 Å². The summed E-state index contributed by atoms with van der Waals surface area (Å²) in [6.45, 7) is 4.43. The van der Waals surface area contributed by atoms with E-state index < -0.39 is 0 Å². The molecule has 1 rings (SSSR count). The zero-order chi connectivity index (χ0) is 16.2. The van der Waals surface area contributed by atoms with Crippen LogP contribution in [0.15, 0.2) is 12.1 Å². The minimum Gasteiger partial charge on any atom is -0.192 e. The number of nitrogens with zero attached hydrogens (tertiary/aromatic N) is 2. The fraction of sp³-hybridized carbons (Fsp3) is 0.600. The van der Waals surface area contributed by atoms with Gasteiger partial charge in [0, 0.05) is 0 Å². The first-order chi connectivity index (χ1) is 10.8. The molecule has 0 aliphatic heterocycles. The third kappa shape index (κ3) is 5.90. The Hall–Kier alpha value is -1.80. The van der Waals surface area contributed by atoms with Crippen molar-refractivity contribution in [1.29, 1.82) is 10.5 Å². The van der Waals surface area contributed by atoms with Crippen molar-refractivity contribution in [2.24, 2.45) is 0 Å². The van der Waals surface area contributed by atoms with Gasteiger partial charge in [-0.1, -0.05) is 52.4 Å². The van der Waals surface area contributed by atoms with Gasteiger partial charge in [0.1, 0.15) is 12.1 Å². The van der Waals surface area contributed by atoms with Crippen molar-refractivity contribution >= 4 is 0 Å². The molecule has 0 aliphatic rings. The topological polar surface area (TPSA) is 47.6 Å². The number of benzene rings is 1. The second-order valence-corrected chi connectivity index (χ2v) is 6.01. The van der Waals surface area contributed by atoms with E-state index in [9.17, 15) is 10.5 Å². The van der Waals surface area contributed by atoms with Gasteiger partial charge in [-0.15, -0.1) is 0 Å². The second kappa shape index (κ2) is 10.9. The van der Waals surface area contributed by atoms with Crippen LogP contribution < -0.4 is 0 Å². The molecular weight excluding hydrogens is 268 g/mol. The third-order valence-corrected chi connectivity index (χ3v) is 4.18. The van der Waals surface area contributed by atoms with E-state index >= 15 is 0 Å². The van der Waals surface area contributed by atoms with Crippen molar-refractivity contribution in [3.05, 3.63) is 34.4 Å². The molecule has 1 aromatic carbocycles. The van der Waals surface area contributed by atoms with Crippen molar-refractivity contribution in [2.75, 3.05) is 0 Å². The molecule has 22 heavy (non-hydrogen) atoms. The minimum atomic E-state index is 0.533. The predicted molar refractivity (Wildman–Crippen MR) is 91.6 cm³/mol. The smallest absolute Gasteiger partial charge is 0.101 e. The second-order valence-electron chi connectivity index (χ2n) is 6.01. The fourth-order valence-electron chi connectivity index (χ4n) is 2.82. The summed E-state index contributed by atoms with van der Waals surface area (Å²) in [5, 5.41) is 18.4. The molecule has 2 heteroatoms. The van der Waals surface area contributed by atoms with Gasteiger partial charge < -0.3 is 0 Å². The Kier molecular flexibility index (Phi) is 9.01. The molecule has 0 aliphatic carbocycles. The maximum atomic E-state index is 9.22. The van der Waals surface area contributed by atoms with E-state index in [4.69, 9.17) is 0 Å². The molecule has 0 bridgehead atoms. The standard InChI is InChI=1S/C20H28N2/c1-3-5-7-9-11-17-13-19(15-21)20(16-22)14-18(17)12-10-8-6-4-2/h13-14H,3-12H2,1-2H3. The molecule has 0 radical (unpaired) electrons. The van der Waals surface area contributed by atoms with E-state index in [1.807, 2.05) is 12.1 Å². The molecule has 0 fully saturated rings. The van der Waals surface area contributed by atoms with Crippen molar-refractivity contribution in [2.45, 2.75) is 78.1 Å². The average Bonchev–Trinajstić information content (AvgIpc) is 2.55. The van der Waals surface area contributed by atoms with E-state index in [0.717, 1.165) is 12.8 Å². The van der Waals surface area contributed by atoms with Crippen LogP contribution in [-0.4, -0.2) is 0 Å². The molecule has 118 valence electrons. The highest BCUT2D eigenvalue weighted by atomic mass is 14.3. The van der Waals surface area contributed by atoms with E-state index in [2.05, 4.69) is 26.0 Å². The van der Waals surface area contributed by atoms with Crippen molar-refractivity contribution in [1.82, 2.24) is 0 Å². The third-order valence-electron chi connectivity index (χ3n) is 4.18. The Bertz CT molecular complexity index is 483. The Morgan fingerprint density at radius 2 is 1.09 bits per heavy atom. The first-order valence-electron chi connectivity index (χ1n) is 8.72. The Labute approximate surface area is 135 Å². The lowest BCUT2D eigenvalue weighted by Gasteiger charge is -2.11. The van der Waals surface area contributed by atoms with Crippen LogP contribution in [0.25, 0.3) is 0 Å². The molecule has 2 nitrogen and oxygen atoms in total. The number of unbranched alkanes of at least 4 members (excludes halogenated alkanes) is 6. The van der Waals surface area contributed by atoms with Gasteiger partial charge in [0.15, 0.2) is 0 Å². The summed E-state index contributed by atoms with van der Waals surface area (Å²) in [4.78, 5) is 0. The van der Waals surface area contributed by atoms with Gasteiger partial charge in [0.2, 0.25) is 0 Å². The Morgan fingerprint density at radius 1 is 0.682 bits per heavy atom. The summed E-state index contributed by atoms with van der Waals surface area (Å²) in [5.74, 6) is 0. The summed E-state index contributed by atoms with van der Waals surface area (Å²) >= 11 is 0. The van der Waals surface area contributed by atoms with Crippen LogP contribution in [0, 0.1) is 22.7 Å². The lowest BCUT2D eigenvalue weighted by Crippen LogP contribution is -1.99. The molecule has 0 saturated carbocycles. The summed E-state index contributed by atoms with van der Waals surface area (Å²) in [6.07, 6.45) is 11.9. The van der Waals surface area contributed by atoms with Crippen LogP contribution in [0.1, 0.15) is 87.5 Å². The van der Waals surface area contributed by atoms with Gasteiger partial charge in [0.25, 0.3) is 0 Å². The van der Waals surface area contributed by atoms with Gasteiger partial charge >= 0.3 is 0 Å². The van der Waals surface area contributed by atoms with Crippen LogP contribution in [0.3, 0.4) is 0 Å². The fourth-order valence-corrected chi connectivity index (χ4v) is 2.82. The number of hydrogen-bond donors (Lipinski definition) is 0. The summed E-state index contributed by atoms with van der Waals surface area (Å²) in [7, 11) is 0. The van der Waals surface area contributed by atoms with Gasteiger partial charge in [-0.2, -0.15) is 10.5 Å². The number of hydrogen-bond acceptors (Lipinski definition) is 2. The predicted octanol–water partition coefficient (Wildman–Crippen LogP) is 5.68. The SMILES string of the molecule is CCCCCCc1cc(C#N)c(C#N)cc1CCCCCC. The van der Waals surface area contributed by atoms with Crippen LogP contribution in [0.2, 0.25) is 0 Å². The van der Waals surface area contributed by atoms with Gasteiger partial charge in [-0.25, -0.2) is 0 Å². The van der Waals surface area contributed by atoms with Crippen LogP contribution in [0.5, 0.6) is 0 Å². The van der Waals surface area contributed by atoms with Crippen LogP contribution in [-0.2, 0) is 12.8 Å². The molecule has 0 aromatic heterocycles. The molecule has 0 saturated heterocycles. The Balaban J connectivity index is 2.84. The van der Waals surface area contributed by atoms with E-state index in [-0.39, 0.29) is 0 Å². The van der Waals surface area contributed by atoms with E-state index in [1.165, 1.54) is 62.5 Å². The highest BCUT2D eigenvalue weighted by Gasteiger charge is 2.09. The van der Waals surface area contributed by atoms with Gasteiger partial charge in [0.05, 0.1) is 11.1 Å². The largest absolute Gasteiger partial charge is 0.192 e. The monoisotopic (exact) mass is 296 g/mol. The minimum absolute atomic E-state index is 0.533. The van der Waals surface area contributed by atoms with Crippen molar-refractivity contribution < 1.29 is 0 Å². The molecule has 0 heterocycles. The summed E-state index contributed by atoms with van der Waals surface area (Å²) < 4.78 is 0. The highest BCUT2D eigenvalue weighted by Crippen LogP contribution is 2.21. The number of nitriles is 2. The zero-order valence-corrected chi connectivity index (χ0v) is 14.1. The quantitative estimate of drug-likeness (QED) is 0.522. The number of rotatable bonds is 10. The lowest BCUT2D eigenvalue weighted by molar-refractivity contribution is 0.650. The highest BCUT2D eigenvalue weighted by molar-refractivity contribution is 5.50.